The molecule has 2 N–H and O–H groups in total. The molecule has 100 valence electrons. The number of nitrogens with two attached hydrogens (primary N) is 1. The summed E-state index contributed by atoms with van der Waals surface area (Å²) in [7, 11) is 0. The second-order valence-electron chi connectivity index (χ2n) is 4.79. The number of rotatable bonds is 3. The maximum atomic E-state index is 13.9. The summed E-state index contributed by atoms with van der Waals surface area (Å²) in [4.78, 5) is 4.11. The smallest absolute Gasteiger partial charge is 0.147 e. The average molecular weight is 261 g/mol. The first kappa shape index (κ1) is 12.3. The number of halogens is 1. The predicted octanol–water partition coefficient (Wildman–Crippen LogP) is 2.05. The number of para-hydroxylation sites is 1. The molecule has 3 rings (SSSR count). The molecule has 1 aromatic heterocycles. The minimum atomic E-state index is -0.281. The Bertz CT molecular complexity index is 563. The summed E-state index contributed by atoms with van der Waals surface area (Å²) in [6.07, 6.45) is 4.24. The molecule has 2 atom stereocenters. The third-order valence-electron chi connectivity index (χ3n) is 3.59. The van der Waals surface area contributed by atoms with Gasteiger partial charge >= 0.3 is 0 Å². The largest absolute Gasteiger partial charge is 0.381 e. The Balaban J connectivity index is 1.96. The molecule has 1 aliphatic rings. The van der Waals surface area contributed by atoms with E-state index in [0.29, 0.717) is 12.3 Å². The zero-order chi connectivity index (χ0) is 13.2. The van der Waals surface area contributed by atoms with Gasteiger partial charge in [0.05, 0.1) is 36.6 Å². The minimum absolute atomic E-state index is 0.190. The van der Waals surface area contributed by atoms with Crippen molar-refractivity contribution in [1.82, 2.24) is 9.55 Å². The van der Waals surface area contributed by atoms with Gasteiger partial charge < -0.3 is 10.5 Å². The summed E-state index contributed by atoms with van der Waals surface area (Å²) < 4.78 is 20.9. The van der Waals surface area contributed by atoms with Crippen LogP contribution in [0.25, 0.3) is 5.69 Å². The van der Waals surface area contributed by atoms with E-state index in [-0.39, 0.29) is 17.8 Å². The summed E-state index contributed by atoms with van der Waals surface area (Å²) in [5.74, 6) is -0.0150. The number of benzene rings is 1. The van der Waals surface area contributed by atoms with Crippen LogP contribution in [0.3, 0.4) is 0 Å². The summed E-state index contributed by atoms with van der Waals surface area (Å²) in [5, 5.41) is 0. The van der Waals surface area contributed by atoms with E-state index < -0.39 is 0 Å². The van der Waals surface area contributed by atoms with Crippen molar-refractivity contribution in [3.05, 3.63) is 48.3 Å². The predicted molar refractivity (Wildman–Crippen MR) is 69.4 cm³/mol. The molecule has 1 saturated heterocycles. The van der Waals surface area contributed by atoms with Crippen LogP contribution in [0, 0.1) is 11.7 Å². The standard InChI is InChI=1S/C14H16FN3O/c15-11-3-1-2-4-12(11)18-9-17-7-13(18)14(16)10-5-6-19-8-10/h1-4,7,9-10,14H,5-6,8,16H2. The Kier molecular flexibility index (Phi) is 3.31. The van der Waals surface area contributed by atoms with Gasteiger partial charge in [-0.25, -0.2) is 9.37 Å². The third kappa shape index (κ3) is 2.27. The first-order valence-corrected chi connectivity index (χ1v) is 6.38. The zero-order valence-corrected chi connectivity index (χ0v) is 10.5. The SMILES string of the molecule is NC(c1cncn1-c1ccccc1F)C1CCOC1. The highest BCUT2D eigenvalue weighted by Crippen LogP contribution is 2.28. The molecule has 0 radical (unpaired) electrons. The van der Waals surface area contributed by atoms with Gasteiger partial charge in [-0.3, -0.25) is 4.57 Å². The van der Waals surface area contributed by atoms with Crippen LogP contribution in [0.4, 0.5) is 4.39 Å². The number of ether oxygens (including phenoxy) is 1. The Morgan fingerprint density at radius 1 is 1.42 bits per heavy atom. The van der Waals surface area contributed by atoms with Gasteiger partial charge in [-0.05, 0) is 18.6 Å². The van der Waals surface area contributed by atoms with Crippen molar-refractivity contribution < 1.29 is 9.13 Å². The van der Waals surface area contributed by atoms with Gasteiger partial charge in [0.1, 0.15) is 5.82 Å². The second kappa shape index (κ2) is 5.11. The van der Waals surface area contributed by atoms with Crippen LogP contribution in [0.2, 0.25) is 0 Å². The molecule has 0 amide bonds. The average Bonchev–Trinajstić information content (AvgIpc) is 3.10. The highest BCUT2D eigenvalue weighted by molar-refractivity contribution is 5.35. The summed E-state index contributed by atoms with van der Waals surface area (Å²) in [6, 6.07) is 6.43. The van der Waals surface area contributed by atoms with Crippen molar-refractivity contribution in [1.29, 1.82) is 0 Å². The summed E-state index contributed by atoms with van der Waals surface area (Å²) in [6.45, 7) is 1.40. The maximum Gasteiger partial charge on any atom is 0.147 e. The van der Waals surface area contributed by atoms with Crippen LogP contribution >= 0.6 is 0 Å². The van der Waals surface area contributed by atoms with Gasteiger partial charge in [0.25, 0.3) is 0 Å². The van der Waals surface area contributed by atoms with Crippen LogP contribution in [0.1, 0.15) is 18.2 Å². The van der Waals surface area contributed by atoms with Gasteiger partial charge in [0.2, 0.25) is 0 Å². The maximum absolute atomic E-state index is 13.9. The number of nitrogens with zero attached hydrogens (tertiary/aromatic N) is 2. The lowest BCUT2D eigenvalue weighted by Crippen LogP contribution is -2.24. The molecule has 1 fully saturated rings. The van der Waals surface area contributed by atoms with Crippen molar-refractivity contribution in [2.24, 2.45) is 11.7 Å². The molecule has 1 aliphatic heterocycles. The van der Waals surface area contributed by atoms with Gasteiger partial charge in [0, 0.05) is 12.5 Å². The van der Waals surface area contributed by atoms with E-state index in [1.54, 1.807) is 35.3 Å². The molecule has 0 saturated carbocycles. The molecule has 0 aliphatic carbocycles. The molecular formula is C14H16FN3O. The molecule has 19 heavy (non-hydrogen) atoms. The van der Waals surface area contributed by atoms with E-state index in [2.05, 4.69) is 4.98 Å². The third-order valence-corrected chi connectivity index (χ3v) is 3.59. The Labute approximate surface area is 111 Å². The number of imidazole rings is 1. The van der Waals surface area contributed by atoms with Crippen molar-refractivity contribution in [3.8, 4) is 5.69 Å². The van der Waals surface area contributed by atoms with E-state index in [4.69, 9.17) is 10.5 Å². The van der Waals surface area contributed by atoms with Gasteiger partial charge in [-0.2, -0.15) is 0 Å². The molecule has 1 aromatic carbocycles. The van der Waals surface area contributed by atoms with E-state index in [1.807, 2.05) is 0 Å². The van der Waals surface area contributed by atoms with E-state index in [1.165, 1.54) is 6.07 Å². The van der Waals surface area contributed by atoms with Crippen molar-refractivity contribution in [2.45, 2.75) is 12.5 Å². The monoisotopic (exact) mass is 261 g/mol. The molecular weight excluding hydrogens is 245 g/mol. The van der Waals surface area contributed by atoms with Crippen LogP contribution in [-0.4, -0.2) is 22.8 Å². The van der Waals surface area contributed by atoms with Gasteiger partial charge in [-0.15, -0.1) is 0 Å². The topological polar surface area (TPSA) is 53.1 Å². The zero-order valence-electron chi connectivity index (χ0n) is 10.5. The van der Waals surface area contributed by atoms with Crippen LogP contribution < -0.4 is 5.73 Å². The second-order valence-corrected chi connectivity index (χ2v) is 4.79. The van der Waals surface area contributed by atoms with Crippen LogP contribution in [0.15, 0.2) is 36.8 Å². The van der Waals surface area contributed by atoms with Crippen LogP contribution in [0.5, 0.6) is 0 Å². The molecule has 2 aromatic rings. The summed E-state index contributed by atoms with van der Waals surface area (Å²) >= 11 is 0. The number of aromatic nitrogens is 2. The van der Waals surface area contributed by atoms with Gasteiger partial charge in [-0.1, -0.05) is 12.1 Å². The molecule has 2 unspecified atom stereocenters. The van der Waals surface area contributed by atoms with Crippen molar-refractivity contribution >= 4 is 0 Å². The lowest BCUT2D eigenvalue weighted by Gasteiger charge is -2.19. The molecule has 0 bridgehead atoms. The number of hydrogen-bond donors (Lipinski definition) is 1. The van der Waals surface area contributed by atoms with Crippen LogP contribution in [-0.2, 0) is 4.74 Å². The van der Waals surface area contributed by atoms with Crippen molar-refractivity contribution in [2.75, 3.05) is 13.2 Å². The lowest BCUT2D eigenvalue weighted by molar-refractivity contribution is 0.180. The molecule has 0 spiro atoms. The highest BCUT2D eigenvalue weighted by atomic mass is 19.1. The Morgan fingerprint density at radius 2 is 2.26 bits per heavy atom. The van der Waals surface area contributed by atoms with Gasteiger partial charge in [0.15, 0.2) is 0 Å². The van der Waals surface area contributed by atoms with E-state index in [0.717, 1.165) is 18.7 Å². The first-order chi connectivity index (χ1) is 9.27. The fourth-order valence-electron chi connectivity index (χ4n) is 2.48. The van der Waals surface area contributed by atoms with E-state index >= 15 is 0 Å². The molecule has 5 heteroatoms. The fraction of sp³-hybridized carbons (Fsp3) is 0.357. The van der Waals surface area contributed by atoms with Crippen molar-refractivity contribution in [3.63, 3.8) is 0 Å². The Hall–Kier alpha value is -1.72. The normalized spacial score (nSPS) is 20.6. The quantitative estimate of drug-likeness (QED) is 0.920. The summed E-state index contributed by atoms with van der Waals surface area (Å²) in [5.41, 5.74) is 7.57. The lowest BCUT2D eigenvalue weighted by atomic mass is 9.97. The first-order valence-electron chi connectivity index (χ1n) is 6.38. The Morgan fingerprint density at radius 3 is 3.00 bits per heavy atom. The fourth-order valence-corrected chi connectivity index (χ4v) is 2.48. The highest BCUT2D eigenvalue weighted by Gasteiger charge is 2.26. The minimum Gasteiger partial charge on any atom is -0.381 e. The molecule has 4 nitrogen and oxygen atoms in total. The number of hydrogen-bond acceptors (Lipinski definition) is 3. The molecule has 2 heterocycles. The van der Waals surface area contributed by atoms with E-state index in [9.17, 15) is 4.39 Å².